The third kappa shape index (κ3) is 3.32. The first-order valence-electron chi connectivity index (χ1n) is 8.06. The summed E-state index contributed by atoms with van der Waals surface area (Å²) in [5.41, 5.74) is 1.46. The van der Waals surface area contributed by atoms with Crippen LogP contribution in [0.3, 0.4) is 0 Å². The molecule has 1 heterocycles. The van der Waals surface area contributed by atoms with Gasteiger partial charge in [-0.25, -0.2) is 4.79 Å². The fourth-order valence-corrected chi connectivity index (χ4v) is 2.88. The normalized spacial score (nSPS) is 12.1. The molecule has 0 spiro atoms. The van der Waals surface area contributed by atoms with Gasteiger partial charge in [0.2, 0.25) is 0 Å². The first kappa shape index (κ1) is 16.9. The zero-order valence-electron chi connectivity index (χ0n) is 14.1. The van der Waals surface area contributed by atoms with E-state index in [0.717, 1.165) is 16.3 Å². The summed E-state index contributed by atoms with van der Waals surface area (Å²) in [6.45, 7) is 1.93. The molecule has 3 rings (SSSR count). The molecule has 0 saturated heterocycles. The average molecular weight is 337 g/mol. The smallest absolute Gasteiger partial charge is 0.340 e. The minimum atomic E-state index is -1.04. The van der Waals surface area contributed by atoms with Crippen LogP contribution in [0, 0.1) is 0 Å². The Bertz CT molecular complexity index is 956. The lowest BCUT2D eigenvalue weighted by Crippen LogP contribution is -2.25. The van der Waals surface area contributed by atoms with Gasteiger partial charge in [0.25, 0.3) is 5.56 Å². The number of fused-ring (bicyclic) bond motifs is 1. The van der Waals surface area contributed by atoms with Gasteiger partial charge in [-0.1, -0.05) is 42.5 Å². The number of aromatic nitrogens is 1. The van der Waals surface area contributed by atoms with E-state index in [0.29, 0.717) is 5.69 Å². The Morgan fingerprint density at radius 2 is 1.84 bits per heavy atom. The fraction of sp³-hybridized carbons (Fsp3) is 0.200. The second-order valence-electron chi connectivity index (χ2n) is 5.55. The second kappa shape index (κ2) is 7.32. The van der Waals surface area contributed by atoms with Gasteiger partial charge in [-0.05, 0) is 29.8 Å². The summed E-state index contributed by atoms with van der Waals surface area (Å²) in [5.74, 6) is -0.576. The van der Waals surface area contributed by atoms with E-state index in [1.807, 2.05) is 42.5 Å². The number of methoxy groups -OCH3 is 1. The number of pyridine rings is 1. The number of carbonyl (C=O) groups is 1. The molecule has 1 atom stereocenters. The number of H-pyrrole nitrogens is 1. The van der Waals surface area contributed by atoms with E-state index >= 15 is 0 Å². The average Bonchev–Trinajstić information content (AvgIpc) is 2.63. The Morgan fingerprint density at radius 3 is 2.56 bits per heavy atom. The quantitative estimate of drug-likeness (QED) is 0.724. The Hall–Kier alpha value is -2.92. The lowest BCUT2D eigenvalue weighted by Gasteiger charge is -2.14. The van der Waals surface area contributed by atoms with Crippen molar-refractivity contribution in [1.82, 2.24) is 4.98 Å². The van der Waals surface area contributed by atoms with Crippen LogP contribution in [0.2, 0.25) is 0 Å². The summed E-state index contributed by atoms with van der Waals surface area (Å²) in [5, 5.41) is 2.13. The van der Waals surface area contributed by atoms with Gasteiger partial charge in [0, 0.05) is 18.4 Å². The lowest BCUT2D eigenvalue weighted by atomic mass is 10.0. The minimum absolute atomic E-state index is 0.227. The Morgan fingerprint density at radius 1 is 1.08 bits per heavy atom. The second-order valence-corrected chi connectivity index (χ2v) is 5.55. The summed E-state index contributed by atoms with van der Waals surface area (Å²) in [7, 11) is 1.37. The molecule has 5 nitrogen and oxygen atoms in total. The largest absolute Gasteiger partial charge is 0.464 e. The van der Waals surface area contributed by atoms with Gasteiger partial charge in [0.15, 0.2) is 6.10 Å². The number of benzene rings is 2. The molecule has 0 fully saturated rings. The lowest BCUT2D eigenvalue weighted by molar-refractivity contribution is -0.155. The summed E-state index contributed by atoms with van der Waals surface area (Å²) >= 11 is 0. The SMILES string of the molecule is CCOC(=O)C(OC)c1ccc(-c2cccc3ccccc23)[nH]c1=O. The predicted molar refractivity (Wildman–Crippen MR) is 96.4 cm³/mol. The van der Waals surface area contributed by atoms with Crippen LogP contribution in [-0.2, 0) is 14.3 Å². The molecule has 1 aromatic heterocycles. The number of carbonyl (C=O) groups excluding carboxylic acids is 1. The topological polar surface area (TPSA) is 68.4 Å². The van der Waals surface area contributed by atoms with E-state index in [1.165, 1.54) is 7.11 Å². The Labute approximate surface area is 145 Å². The number of esters is 1. The zero-order chi connectivity index (χ0) is 17.8. The number of nitrogens with one attached hydrogen (secondary N) is 1. The molecule has 25 heavy (non-hydrogen) atoms. The summed E-state index contributed by atoms with van der Waals surface area (Å²) in [6, 6.07) is 17.3. The fourth-order valence-electron chi connectivity index (χ4n) is 2.88. The third-order valence-electron chi connectivity index (χ3n) is 4.04. The molecule has 3 aromatic rings. The molecule has 0 aliphatic heterocycles. The van der Waals surface area contributed by atoms with Crippen molar-refractivity contribution in [3.63, 3.8) is 0 Å². The molecule has 1 unspecified atom stereocenters. The van der Waals surface area contributed by atoms with Crippen LogP contribution in [0.15, 0.2) is 59.4 Å². The van der Waals surface area contributed by atoms with Crippen molar-refractivity contribution < 1.29 is 14.3 Å². The highest BCUT2D eigenvalue weighted by molar-refractivity contribution is 5.95. The van der Waals surface area contributed by atoms with Gasteiger partial charge >= 0.3 is 5.97 Å². The molecule has 2 aromatic carbocycles. The van der Waals surface area contributed by atoms with E-state index in [4.69, 9.17) is 9.47 Å². The summed E-state index contributed by atoms with van der Waals surface area (Å²) in [4.78, 5) is 27.3. The first-order valence-corrected chi connectivity index (χ1v) is 8.06. The number of aromatic amines is 1. The molecule has 1 N–H and O–H groups in total. The van der Waals surface area contributed by atoms with Crippen LogP contribution in [-0.4, -0.2) is 24.7 Å². The van der Waals surface area contributed by atoms with Gasteiger partial charge in [-0.15, -0.1) is 0 Å². The van der Waals surface area contributed by atoms with Crippen LogP contribution in [0.5, 0.6) is 0 Å². The van der Waals surface area contributed by atoms with E-state index in [1.54, 1.807) is 19.1 Å². The van der Waals surface area contributed by atoms with Crippen molar-refractivity contribution in [2.24, 2.45) is 0 Å². The summed E-state index contributed by atoms with van der Waals surface area (Å²) in [6.07, 6.45) is -1.04. The predicted octanol–water partition coefficient (Wildman–Crippen LogP) is 3.45. The van der Waals surface area contributed by atoms with Gasteiger partial charge in [-0.3, -0.25) is 4.79 Å². The van der Waals surface area contributed by atoms with Crippen LogP contribution in [0.4, 0.5) is 0 Å². The van der Waals surface area contributed by atoms with E-state index in [2.05, 4.69) is 4.98 Å². The maximum atomic E-state index is 12.5. The number of hydrogen-bond donors (Lipinski definition) is 1. The molecule has 128 valence electrons. The Balaban J connectivity index is 2.05. The van der Waals surface area contributed by atoms with E-state index in [9.17, 15) is 9.59 Å². The van der Waals surface area contributed by atoms with Crippen LogP contribution in [0.25, 0.3) is 22.0 Å². The zero-order valence-corrected chi connectivity index (χ0v) is 14.1. The highest BCUT2D eigenvalue weighted by Crippen LogP contribution is 2.27. The highest BCUT2D eigenvalue weighted by atomic mass is 16.6. The van der Waals surface area contributed by atoms with Crippen LogP contribution in [0.1, 0.15) is 18.6 Å². The van der Waals surface area contributed by atoms with E-state index in [-0.39, 0.29) is 17.7 Å². The van der Waals surface area contributed by atoms with Crippen LogP contribution < -0.4 is 5.56 Å². The maximum absolute atomic E-state index is 12.5. The van der Waals surface area contributed by atoms with Crippen molar-refractivity contribution >= 4 is 16.7 Å². The molecule has 0 amide bonds. The van der Waals surface area contributed by atoms with Crippen molar-refractivity contribution in [2.75, 3.05) is 13.7 Å². The standard InChI is InChI=1S/C20H19NO4/c1-3-25-20(23)18(24-2)16-11-12-17(21-19(16)22)15-10-6-8-13-7-4-5-9-14(13)15/h4-12,18H,3H2,1-2H3,(H,21,22). The van der Waals surface area contributed by atoms with Gasteiger partial charge in [0.1, 0.15) is 0 Å². The number of ether oxygens (including phenoxy) is 2. The molecule has 0 aliphatic carbocycles. The molecule has 0 radical (unpaired) electrons. The van der Waals surface area contributed by atoms with Crippen molar-refractivity contribution in [3.05, 3.63) is 70.5 Å². The van der Waals surface area contributed by atoms with Crippen molar-refractivity contribution in [1.29, 1.82) is 0 Å². The molecule has 0 saturated carbocycles. The minimum Gasteiger partial charge on any atom is -0.464 e. The van der Waals surface area contributed by atoms with Crippen molar-refractivity contribution in [3.8, 4) is 11.3 Å². The van der Waals surface area contributed by atoms with Gasteiger partial charge < -0.3 is 14.5 Å². The maximum Gasteiger partial charge on any atom is 0.340 e. The van der Waals surface area contributed by atoms with Gasteiger partial charge in [-0.2, -0.15) is 0 Å². The molecule has 0 aliphatic rings. The first-order chi connectivity index (χ1) is 12.2. The van der Waals surface area contributed by atoms with Crippen molar-refractivity contribution in [2.45, 2.75) is 13.0 Å². The number of hydrogen-bond acceptors (Lipinski definition) is 4. The van der Waals surface area contributed by atoms with Gasteiger partial charge in [0.05, 0.1) is 12.2 Å². The third-order valence-corrected chi connectivity index (χ3v) is 4.04. The summed E-state index contributed by atoms with van der Waals surface area (Å²) < 4.78 is 10.1. The molecule has 5 heteroatoms. The molecular weight excluding hydrogens is 318 g/mol. The monoisotopic (exact) mass is 337 g/mol. The number of rotatable bonds is 5. The highest BCUT2D eigenvalue weighted by Gasteiger charge is 2.24. The Kier molecular flexibility index (Phi) is 4.95. The molecular formula is C20H19NO4. The van der Waals surface area contributed by atoms with E-state index < -0.39 is 12.1 Å². The van der Waals surface area contributed by atoms with Crippen LogP contribution >= 0.6 is 0 Å². The molecule has 0 bridgehead atoms.